The highest BCUT2D eigenvalue weighted by Gasteiger charge is 2.56. The Balaban J connectivity index is 0.000000128. The molecule has 4 saturated carbocycles. The molecule has 4 nitrogen and oxygen atoms in total. The van der Waals surface area contributed by atoms with Gasteiger partial charge in [-0.3, -0.25) is 4.79 Å². The van der Waals surface area contributed by atoms with Gasteiger partial charge in [0.2, 0.25) is 9.79 Å². The van der Waals surface area contributed by atoms with Crippen LogP contribution in [0.2, 0.25) is 0 Å². The molecule has 4 saturated heterocycles. The number of ether oxygens (including phenoxy) is 3. The van der Waals surface area contributed by atoms with Gasteiger partial charge in [-0.2, -0.15) is 0 Å². The fraction of sp³-hybridized carbons (Fsp3) is 0.482. The number of carbonyl (C=O) groups excluding carboxylic acids is 1. The van der Waals surface area contributed by atoms with Gasteiger partial charge in [0, 0.05) is 43.6 Å². The summed E-state index contributed by atoms with van der Waals surface area (Å²) in [6, 6.07) is 57.0. The summed E-state index contributed by atoms with van der Waals surface area (Å²) in [6.07, 6.45) is 23.0. The lowest BCUT2D eigenvalue weighted by Gasteiger charge is -2.55. The van der Waals surface area contributed by atoms with Gasteiger partial charge in [-0.1, -0.05) is 107 Å². The van der Waals surface area contributed by atoms with E-state index in [-0.39, 0.29) is 27.7 Å². The third-order valence-electron chi connectivity index (χ3n) is 19.7. The van der Waals surface area contributed by atoms with Crippen LogP contribution < -0.4 is 14.2 Å². The molecule has 0 spiro atoms. The van der Waals surface area contributed by atoms with Gasteiger partial charge in [-0.05, 0) is 273 Å². The van der Waals surface area contributed by atoms with E-state index in [0.29, 0.717) is 43.6 Å². The molecule has 0 radical (unpaired) electrons. The third-order valence-corrected chi connectivity index (χ3v) is 32.0. The average molecular weight is 1330 g/mol. The number of methoxy groups -OCH3 is 1. The molecule has 7 aromatic rings. The monoisotopic (exact) mass is 1330 g/mol. The van der Waals surface area contributed by atoms with E-state index in [1.165, 1.54) is 172 Å². The minimum Gasteiger partial charge on any atom is -0.496 e. The Kier molecular flexibility index (Phi) is 25.8. The van der Waals surface area contributed by atoms with Crippen LogP contribution in [-0.4, -0.2) is 59.1 Å². The van der Waals surface area contributed by atoms with Crippen molar-refractivity contribution < 1.29 is 19.0 Å². The highest BCUT2D eigenvalue weighted by atomic mass is 32.2. The second-order valence-electron chi connectivity index (χ2n) is 27.8. The van der Waals surface area contributed by atoms with Crippen molar-refractivity contribution in [1.82, 2.24) is 0 Å². The Morgan fingerprint density at radius 2 is 0.761 bits per heavy atom. The van der Waals surface area contributed by atoms with Gasteiger partial charge in [0.1, 0.15) is 68.4 Å². The second-order valence-corrected chi connectivity index (χ2v) is 38.8. The minimum atomic E-state index is -0.167. The smallest absolute Gasteiger partial charge is 0.317 e. The van der Waals surface area contributed by atoms with Gasteiger partial charge in [0.05, 0.1) is 12.5 Å². The van der Waals surface area contributed by atoms with Crippen LogP contribution in [0.5, 0.6) is 23.0 Å². The van der Waals surface area contributed by atoms with Crippen LogP contribution in [0.15, 0.2) is 192 Å². The standard InChI is InChI=1S/C23H31O2S.C18H13OS.C15H23S.C14H21OS.C11H15S.C2H6/c1-15-7-20(26-5-3-4-6-26)8-16(2)21(15)25-22(24)23-12-17-9-18(13-23)11-19(10-17)14-23;1-2-8-14(9-3-1)20-17-12-6-4-10-15(17)19-16-11-5-7-13-18(16)20;1-15(2,3)13-7-9-14(10-8-13)16-11-5-4-6-12-16;1-11-9-13(10-12(2)14(11)15-3)16-7-5-4-6-8-16;1-3-7-11(8-4-1)12-9-5-2-6-10-12;1-2/h7-8,17-19H,3-6,9-14H2,1-2H3;1-13H;7-10H,4-6,11-12H2,1-3H3;9-10H,4-8H2,1-3H3;1,3-4,7-8H,2,5-6,9-10H2;1-2H3/q5*+1;. The van der Waals surface area contributed by atoms with E-state index < -0.39 is 0 Å². The largest absolute Gasteiger partial charge is 0.496 e. The highest BCUT2D eigenvalue weighted by molar-refractivity contribution is 7.98. The molecule has 4 aliphatic carbocycles. The number of hydrogen-bond acceptors (Lipinski definition) is 4. The van der Waals surface area contributed by atoms with Crippen LogP contribution >= 0.6 is 0 Å². The van der Waals surface area contributed by atoms with Crippen molar-refractivity contribution in [3.05, 3.63) is 186 Å². The fourth-order valence-electron chi connectivity index (χ4n) is 15.5. The first-order chi connectivity index (χ1) is 44.7. The lowest BCUT2D eigenvalue weighted by atomic mass is 9.49. The number of aryl methyl sites for hydroxylation is 4. The number of hydrogen-bond donors (Lipinski definition) is 0. The average Bonchev–Trinajstić information content (AvgIpc) is 0.815. The zero-order valence-corrected chi connectivity index (χ0v) is 61.7. The van der Waals surface area contributed by atoms with Gasteiger partial charge in [-0.15, -0.1) is 0 Å². The van der Waals surface area contributed by atoms with Crippen molar-refractivity contribution in [2.75, 3.05) is 53.1 Å². The van der Waals surface area contributed by atoms with Crippen molar-refractivity contribution in [1.29, 1.82) is 0 Å². The molecule has 0 aromatic heterocycles. The summed E-state index contributed by atoms with van der Waals surface area (Å²) in [7, 11) is 3.75. The number of fused-ring (bicyclic) bond motifs is 2. The summed E-state index contributed by atoms with van der Waals surface area (Å²) >= 11 is 0. The topological polar surface area (TPSA) is 44.8 Å². The van der Waals surface area contributed by atoms with Gasteiger partial charge in [0.15, 0.2) is 36.0 Å². The molecule has 7 aromatic carbocycles. The van der Waals surface area contributed by atoms with Crippen molar-refractivity contribution >= 4 is 60.4 Å². The third kappa shape index (κ3) is 18.1. The van der Waals surface area contributed by atoms with Crippen LogP contribution in [-0.2, 0) is 64.7 Å². The second kappa shape index (κ2) is 33.8. The predicted molar refractivity (Wildman–Crippen MR) is 401 cm³/mol. The number of rotatable bonds is 8. The Labute approximate surface area is 571 Å². The summed E-state index contributed by atoms with van der Waals surface area (Å²) in [6.45, 7) is 19.4. The Hall–Kier alpha value is -4.64. The van der Waals surface area contributed by atoms with Gasteiger partial charge in [0.25, 0.3) is 0 Å². The molecule has 4 bridgehead atoms. The maximum atomic E-state index is 13.3. The van der Waals surface area contributed by atoms with Crippen LogP contribution in [0, 0.1) is 50.9 Å². The molecule has 0 atom stereocenters. The van der Waals surface area contributed by atoms with Gasteiger partial charge >= 0.3 is 5.97 Å². The number of benzene rings is 7. The highest BCUT2D eigenvalue weighted by Crippen LogP contribution is 2.60. The van der Waals surface area contributed by atoms with E-state index in [4.69, 9.17) is 14.2 Å². The number of esters is 1. The summed E-state index contributed by atoms with van der Waals surface area (Å²) < 4.78 is 17.6. The molecule has 92 heavy (non-hydrogen) atoms. The predicted octanol–water partition coefficient (Wildman–Crippen LogP) is 21.6. The van der Waals surface area contributed by atoms with Gasteiger partial charge < -0.3 is 14.2 Å². The quantitative estimate of drug-likeness (QED) is 0.0864. The van der Waals surface area contributed by atoms with Crippen molar-refractivity contribution in [2.24, 2.45) is 23.2 Å². The molecule has 8 fully saturated rings. The Morgan fingerprint density at radius 1 is 0.424 bits per heavy atom. The van der Waals surface area contributed by atoms with Crippen molar-refractivity contribution in [3.8, 4) is 23.0 Å². The SMILES string of the molecule is CC.CC(C)(C)c1ccc([S+]2CCCCC2)cc1.COc1c(C)cc([S+]2CCCCC2)cc1C.Cc1cc([S+]2CCCC2)cc(C)c1OC(=O)C12CC3CC(CC(C3)C1)C2.c1ccc([S+]2CCCCC2)cc1.c1ccc([S+]2c3ccccc3Oc3ccccc32)cc1. The molecule has 0 amide bonds. The number of para-hydroxylation sites is 2. The van der Waals surface area contributed by atoms with Crippen molar-refractivity contribution in [3.63, 3.8) is 0 Å². The molecule has 5 aliphatic heterocycles. The van der Waals surface area contributed by atoms with Crippen LogP contribution in [0.25, 0.3) is 0 Å². The number of carbonyl (C=O) groups is 1. The summed E-state index contributed by atoms with van der Waals surface area (Å²) in [4.78, 5) is 23.3. The zero-order chi connectivity index (χ0) is 64.6. The molecule has 16 rings (SSSR count). The summed E-state index contributed by atoms with van der Waals surface area (Å²) in [5, 5.41) is 0. The van der Waals surface area contributed by atoms with E-state index >= 15 is 0 Å². The lowest BCUT2D eigenvalue weighted by Crippen LogP contribution is -2.51. The van der Waals surface area contributed by atoms with Crippen LogP contribution in [0.1, 0.15) is 172 Å². The van der Waals surface area contributed by atoms with Crippen LogP contribution in [0.3, 0.4) is 0 Å². The first-order valence-electron chi connectivity index (χ1n) is 35.2. The van der Waals surface area contributed by atoms with E-state index in [1.807, 2.05) is 38.1 Å². The Bertz CT molecular complexity index is 3300. The van der Waals surface area contributed by atoms with E-state index in [1.54, 1.807) is 21.8 Å². The molecular formula is C83H109O4S5+5. The minimum absolute atomic E-state index is 0.0823. The first kappa shape index (κ1) is 70.2. The summed E-state index contributed by atoms with van der Waals surface area (Å²) in [5.74, 6) is 17.5. The molecule has 0 unspecified atom stereocenters. The van der Waals surface area contributed by atoms with E-state index in [0.717, 1.165) is 71.1 Å². The molecule has 9 heteroatoms. The molecule has 490 valence electrons. The summed E-state index contributed by atoms with van der Waals surface area (Å²) in [5.41, 5.74) is 6.45. The zero-order valence-electron chi connectivity index (χ0n) is 57.6. The maximum Gasteiger partial charge on any atom is 0.317 e. The Morgan fingerprint density at radius 3 is 1.15 bits per heavy atom. The molecule has 5 heterocycles. The molecule has 0 N–H and O–H groups in total. The van der Waals surface area contributed by atoms with Crippen LogP contribution in [0.4, 0.5) is 0 Å². The van der Waals surface area contributed by atoms with E-state index in [9.17, 15) is 4.79 Å². The normalized spacial score (nSPS) is 21.9. The van der Waals surface area contributed by atoms with Crippen molar-refractivity contribution in [2.45, 2.75) is 211 Å². The maximum absolute atomic E-state index is 13.3. The lowest BCUT2D eigenvalue weighted by molar-refractivity contribution is -0.161. The van der Waals surface area contributed by atoms with E-state index in [2.05, 4.69) is 182 Å². The molecule has 9 aliphatic rings. The molecular weight excluding hydrogens is 1220 g/mol. The van der Waals surface area contributed by atoms with Gasteiger partial charge in [-0.25, -0.2) is 0 Å². The first-order valence-corrected chi connectivity index (χ1v) is 42.7. The fourth-order valence-corrected chi connectivity index (χ4v) is 27.3.